The van der Waals surface area contributed by atoms with Crippen LogP contribution in [0.5, 0.6) is 0 Å². The van der Waals surface area contributed by atoms with Crippen molar-refractivity contribution < 1.29 is 14.7 Å². The highest BCUT2D eigenvalue weighted by Crippen LogP contribution is 2.31. The van der Waals surface area contributed by atoms with Gasteiger partial charge in [-0.1, -0.05) is 37.3 Å². The van der Waals surface area contributed by atoms with E-state index in [0.29, 0.717) is 18.7 Å². The van der Waals surface area contributed by atoms with E-state index >= 15 is 0 Å². The fourth-order valence-electron chi connectivity index (χ4n) is 2.55. The summed E-state index contributed by atoms with van der Waals surface area (Å²) >= 11 is 5.86. The van der Waals surface area contributed by atoms with Crippen molar-refractivity contribution in [1.29, 1.82) is 0 Å². The van der Waals surface area contributed by atoms with E-state index in [0.717, 1.165) is 5.75 Å². The summed E-state index contributed by atoms with van der Waals surface area (Å²) < 4.78 is 0. The molecule has 1 saturated heterocycles. The van der Waals surface area contributed by atoms with E-state index in [1.54, 1.807) is 18.7 Å². The van der Waals surface area contributed by atoms with Crippen LogP contribution < -0.4 is 0 Å². The van der Waals surface area contributed by atoms with Crippen molar-refractivity contribution in [2.24, 2.45) is 5.92 Å². The number of amides is 1. The molecule has 1 fully saturated rings. The minimum absolute atomic E-state index is 0.106. The largest absolute Gasteiger partial charge is 0.480 e. The van der Waals surface area contributed by atoms with Gasteiger partial charge < -0.3 is 10.0 Å². The zero-order valence-electron chi connectivity index (χ0n) is 12.5. The van der Waals surface area contributed by atoms with E-state index in [1.165, 1.54) is 10.5 Å². The first-order chi connectivity index (χ1) is 10.5. The van der Waals surface area contributed by atoms with Gasteiger partial charge in [-0.05, 0) is 12.0 Å². The monoisotopic (exact) mass is 339 g/mol. The molecule has 0 bridgehead atoms. The maximum atomic E-state index is 12.3. The average Bonchev–Trinajstić information content (AvgIpc) is 2.97. The molecule has 3 atom stereocenters. The molecule has 1 unspecified atom stereocenters. The van der Waals surface area contributed by atoms with E-state index in [4.69, 9.17) is 0 Å². The molecule has 0 radical (unpaired) electrons. The Kier molecular flexibility index (Phi) is 6.20. The lowest BCUT2D eigenvalue weighted by molar-refractivity contribution is -0.149. The van der Waals surface area contributed by atoms with Crippen LogP contribution >= 0.6 is 24.4 Å². The van der Waals surface area contributed by atoms with Crippen molar-refractivity contribution in [2.75, 3.05) is 12.3 Å². The summed E-state index contributed by atoms with van der Waals surface area (Å²) in [5.74, 6) is 0.00156. The Balaban J connectivity index is 1.98. The smallest absolute Gasteiger partial charge is 0.326 e. The van der Waals surface area contributed by atoms with Crippen LogP contribution in [0.25, 0.3) is 0 Å². The number of thioether (sulfide) groups is 1. The molecule has 1 aliphatic heterocycles. The second kappa shape index (κ2) is 7.92. The highest BCUT2D eigenvalue weighted by Gasteiger charge is 2.40. The molecule has 6 heteroatoms. The van der Waals surface area contributed by atoms with Crippen LogP contribution in [0.4, 0.5) is 0 Å². The van der Waals surface area contributed by atoms with Crippen LogP contribution in [-0.2, 0) is 15.3 Å². The fourth-order valence-corrected chi connectivity index (χ4v) is 3.91. The first kappa shape index (κ1) is 17.2. The number of carboxylic acid groups (broad SMARTS) is 1. The summed E-state index contributed by atoms with van der Waals surface area (Å²) in [7, 11) is 0. The molecular weight excluding hydrogens is 318 g/mol. The van der Waals surface area contributed by atoms with Crippen LogP contribution in [0.1, 0.15) is 18.9 Å². The van der Waals surface area contributed by atoms with E-state index in [1.807, 2.05) is 18.2 Å². The molecule has 0 aliphatic carbocycles. The molecular formula is C16H21NO3S2. The van der Waals surface area contributed by atoms with Gasteiger partial charge in [0.1, 0.15) is 6.04 Å². The van der Waals surface area contributed by atoms with Gasteiger partial charge in [0.05, 0.1) is 0 Å². The zero-order chi connectivity index (χ0) is 16.1. The summed E-state index contributed by atoms with van der Waals surface area (Å²) in [6, 6.07) is 9.38. The lowest BCUT2D eigenvalue weighted by Gasteiger charge is -2.24. The number of nitrogens with zero attached hydrogens (tertiary/aromatic N) is 1. The van der Waals surface area contributed by atoms with Gasteiger partial charge in [-0.3, -0.25) is 4.79 Å². The highest BCUT2D eigenvalue weighted by molar-refractivity contribution is 7.99. The third kappa shape index (κ3) is 4.20. The maximum Gasteiger partial charge on any atom is 0.326 e. The Hall–Kier alpha value is -1.14. The lowest BCUT2D eigenvalue weighted by atomic mass is 10.1. The van der Waals surface area contributed by atoms with Gasteiger partial charge in [0.2, 0.25) is 5.91 Å². The third-order valence-corrected chi connectivity index (χ3v) is 5.72. The molecule has 120 valence electrons. The maximum absolute atomic E-state index is 12.3. The molecule has 1 heterocycles. The van der Waals surface area contributed by atoms with Crippen LogP contribution in [0, 0.1) is 5.92 Å². The van der Waals surface area contributed by atoms with Gasteiger partial charge in [-0.15, -0.1) is 0 Å². The first-order valence-electron chi connectivity index (χ1n) is 7.32. The summed E-state index contributed by atoms with van der Waals surface area (Å²) in [6.07, 6.45) is 0.512. The van der Waals surface area contributed by atoms with E-state index in [9.17, 15) is 14.7 Å². The Morgan fingerprint density at radius 2 is 2.09 bits per heavy atom. The molecule has 1 aromatic carbocycles. The molecule has 0 spiro atoms. The number of thiol groups is 1. The van der Waals surface area contributed by atoms with Crippen LogP contribution in [0.15, 0.2) is 30.3 Å². The Morgan fingerprint density at radius 3 is 2.68 bits per heavy atom. The average molecular weight is 339 g/mol. The molecule has 1 amide bonds. The lowest BCUT2D eigenvalue weighted by Crippen LogP contribution is -2.43. The van der Waals surface area contributed by atoms with Crippen molar-refractivity contribution in [2.45, 2.75) is 30.4 Å². The van der Waals surface area contributed by atoms with E-state index in [-0.39, 0.29) is 17.1 Å². The Morgan fingerprint density at radius 1 is 1.41 bits per heavy atom. The molecule has 1 aromatic rings. The predicted molar refractivity (Wildman–Crippen MR) is 92.3 cm³/mol. The predicted octanol–water partition coefficient (Wildman–Crippen LogP) is 2.54. The molecule has 2 rings (SSSR count). The van der Waals surface area contributed by atoms with E-state index in [2.05, 4.69) is 24.8 Å². The zero-order valence-corrected chi connectivity index (χ0v) is 14.2. The summed E-state index contributed by atoms with van der Waals surface area (Å²) in [5, 5.41) is 9.53. The second-order valence-corrected chi connectivity index (χ2v) is 7.24. The molecule has 1 N–H and O–H groups in total. The first-order valence-corrected chi connectivity index (χ1v) is 9.00. The SMILES string of the molecule is CC(CS)C(=O)N1C[C@@H](SCc2ccccc2)C[C@H]1C(=O)O. The number of hydrogen-bond acceptors (Lipinski definition) is 4. The van der Waals surface area contributed by atoms with Crippen LogP contribution in [0.2, 0.25) is 0 Å². The number of carbonyl (C=O) groups is 2. The molecule has 0 aromatic heterocycles. The molecule has 0 saturated carbocycles. The molecule has 1 aliphatic rings. The summed E-state index contributed by atoms with van der Waals surface area (Å²) in [4.78, 5) is 25.3. The highest BCUT2D eigenvalue weighted by atomic mass is 32.2. The fraction of sp³-hybridized carbons (Fsp3) is 0.500. The van der Waals surface area contributed by atoms with Gasteiger partial charge in [0.15, 0.2) is 0 Å². The molecule has 4 nitrogen and oxygen atoms in total. The van der Waals surface area contributed by atoms with Crippen molar-refractivity contribution in [1.82, 2.24) is 4.90 Å². The van der Waals surface area contributed by atoms with Crippen LogP contribution in [-0.4, -0.2) is 45.5 Å². The number of hydrogen-bond donors (Lipinski definition) is 2. The number of carboxylic acids is 1. The van der Waals surface area contributed by atoms with Gasteiger partial charge >= 0.3 is 5.97 Å². The third-order valence-electron chi connectivity index (χ3n) is 3.85. The van der Waals surface area contributed by atoms with Gasteiger partial charge in [0.25, 0.3) is 0 Å². The standard InChI is InChI=1S/C16H21NO3S2/c1-11(9-21)15(18)17-8-13(7-14(17)16(19)20)22-10-12-5-3-2-4-6-12/h2-6,11,13-14,21H,7-10H2,1H3,(H,19,20)/t11?,13-,14-/m0/s1. The van der Waals surface area contributed by atoms with Crippen molar-refractivity contribution in [3.63, 3.8) is 0 Å². The Bertz CT molecular complexity index is 523. The van der Waals surface area contributed by atoms with Gasteiger partial charge in [-0.2, -0.15) is 24.4 Å². The van der Waals surface area contributed by atoms with Gasteiger partial charge in [0, 0.05) is 29.2 Å². The second-order valence-electron chi connectivity index (χ2n) is 5.58. The number of likely N-dealkylation sites (tertiary alicyclic amines) is 1. The minimum Gasteiger partial charge on any atom is -0.480 e. The number of rotatable bonds is 6. The number of carbonyl (C=O) groups excluding carboxylic acids is 1. The van der Waals surface area contributed by atoms with Crippen molar-refractivity contribution in [3.05, 3.63) is 35.9 Å². The van der Waals surface area contributed by atoms with Crippen molar-refractivity contribution >= 4 is 36.3 Å². The molecule has 22 heavy (non-hydrogen) atoms. The van der Waals surface area contributed by atoms with E-state index < -0.39 is 12.0 Å². The van der Waals surface area contributed by atoms with Crippen molar-refractivity contribution in [3.8, 4) is 0 Å². The summed E-state index contributed by atoms with van der Waals surface area (Å²) in [5.41, 5.74) is 1.22. The topological polar surface area (TPSA) is 57.6 Å². The number of aliphatic carboxylic acids is 1. The summed E-state index contributed by atoms with van der Waals surface area (Å²) in [6.45, 7) is 2.30. The van der Waals surface area contributed by atoms with Crippen LogP contribution in [0.3, 0.4) is 0 Å². The quantitative estimate of drug-likeness (QED) is 0.782. The van der Waals surface area contributed by atoms with Gasteiger partial charge in [-0.25, -0.2) is 4.79 Å². The Labute approximate surface area is 140 Å². The minimum atomic E-state index is -0.914. The number of benzene rings is 1. The normalized spacial score (nSPS) is 22.5.